The number of carboxylic acid groups (broad SMARTS) is 1. The van der Waals surface area contributed by atoms with Crippen molar-refractivity contribution in [2.45, 2.75) is 0 Å². The van der Waals surface area contributed by atoms with E-state index in [2.05, 4.69) is 4.72 Å². The highest BCUT2D eigenvalue weighted by Crippen LogP contribution is 2.32. The van der Waals surface area contributed by atoms with Crippen LogP contribution in [-0.2, 0) is 10.0 Å². The van der Waals surface area contributed by atoms with Crippen LogP contribution in [0.4, 0.5) is 5.69 Å². The van der Waals surface area contributed by atoms with E-state index in [9.17, 15) is 13.2 Å². The molecule has 8 heteroatoms. The lowest BCUT2D eigenvalue weighted by atomic mass is 10.1. The molecule has 0 radical (unpaired) electrons. The van der Waals surface area contributed by atoms with Crippen LogP contribution in [0.2, 0.25) is 5.02 Å². The van der Waals surface area contributed by atoms with Crippen LogP contribution in [0.3, 0.4) is 0 Å². The van der Waals surface area contributed by atoms with Crippen LogP contribution in [0, 0.1) is 0 Å². The summed E-state index contributed by atoms with van der Waals surface area (Å²) in [5.41, 5.74) is 0.610. The van der Waals surface area contributed by atoms with E-state index >= 15 is 0 Å². The predicted octanol–water partition coefficient (Wildman–Crippen LogP) is 2.67. The lowest BCUT2D eigenvalue weighted by molar-refractivity contribution is 0.0663. The zero-order chi connectivity index (χ0) is 14.9. The van der Waals surface area contributed by atoms with Crippen LogP contribution >= 0.6 is 11.6 Å². The van der Waals surface area contributed by atoms with Gasteiger partial charge in [0, 0.05) is 10.6 Å². The fraction of sp³-hybridized carbons (Fsp3) is 0.0833. The average molecular weight is 316 g/mol. The Labute approximate surface area is 120 Å². The van der Waals surface area contributed by atoms with Gasteiger partial charge in [0.1, 0.15) is 5.76 Å². The number of sulfonamides is 1. The maximum Gasteiger partial charge on any atom is 0.371 e. The third-order valence-electron chi connectivity index (χ3n) is 2.36. The molecule has 0 bridgehead atoms. The Kier molecular flexibility index (Phi) is 3.74. The molecule has 106 valence electrons. The molecule has 0 aliphatic rings. The lowest BCUT2D eigenvalue weighted by Gasteiger charge is -2.09. The largest absolute Gasteiger partial charge is 0.475 e. The van der Waals surface area contributed by atoms with Gasteiger partial charge in [-0.1, -0.05) is 11.6 Å². The van der Waals surface area contributed by atoms with Gasteiger partial charge in [-0.2, -0.15) is 0 Å². The summed E-state index contributed by atoms with van der Waals surface area (Å²) in [6.07, 6.45) is 1.00. The molecule has 0 atom stereocenters. The molecule has 0 aliphatic carbocycles. The van der Waals surface area contributed by atoms with Crippen molar-refractivity contribution in [1.82, 2.24) is 0 Å². The Morgan fingerprint density at radius 1 is 1.30 bits per heavy atom. The number of anilines is 1. The number of furan rings is 1. The zero-order valence-electron chi connectivity index (χ0n) is 10.3. The van der Waals surface area contributed by atoms with Crippen molar-refractivity contribution in [3.63, 3.8) is 0 Å². The minimum absolute atomic E-state index is 0.214. The van der Waals surface area contributed by atoms with Gasteiger partial charge < -0.3 is 9.52 Å². The highest BCUT2D eigenvalue weighted by atomic mass is 35.5. The molecule has 0 aliphatic heterocycles. The van der Waals surface area contributed by atoms with Crippen LogP contribution in [0.15, 0.2) is 34.7 Å². The molecule has 2 aromatic rings. The second-order valence-corrected chi connectivity index (χ2v) is 6.22. The van der Waals surface area contributed by atoms with E-state index in [0.29, 0.717) is 10.6 Å². The van der Waals surface area contributed by atoms with Gasteiger partial charge in [-0.25, -0.2) is 13.2 Å². The third-order valence-corrected chi connectivity index (χ3v) is 3.19. The number of benzene rings is 1. The molecule has 6 nitrogen and oxygen atoms in total. The summed E-state index contributed by atoms with van der Waals surface area (Å²) in [6.45, 7) is 0. The summed E-state index contributed by atoms with van der Waals surface area (Å²) < 4.78 is 30.1. The molecule has 0 amide bonds. The first-order valence-electron chi connectivity index (χ1n) is 5.37. The molecule has 1 heterocycles. The van der Waals surface area contributed by atoms with Crippen molar-refractivity contribution >= 4 is 33.3 Å². The fourth-order valence-electron chi connectivity index (χ4n) is 1.61. The fourth-order valence-corrected chi connectivity index (χ4v) is 2.35. The first kappa shape index (κ1) is 14.4. The summed E-state index contributed by atoms with van der Waals surface area (Å²) in [5, 5.41) is 9.16. The molecule has 20 heavy (non-hydrogen) atoms. The summed E-state index contributed by atoms with van der Waals surface area (Å²) in [6, 6.07) is 7.24. The average Bonchev–Trinajstić information content (AvgIpc) is 2.76. The quantitative estimate of drug-likeness (QED) is 0.904. The van der Waals surface area contributed by atoms with Gasteiger partial charge >= 0.3 is 5.97 Å². The van der Waals surface area contributed by atoms with Gasteiger partial charge in [0.15, 0.2) is 0 Å². The van der Waals surface area contributed by atoms with E-state index < -0.39 is 16.0 Å². The molecule has 1 aromatic heterocycles. The highest BCUT2D eigenvalue weighted by Gasteiger charge is 2.15. The molecular formula is C12H10ClNO5S. The predicted molar refractivity (Wildman–Crippen MR) is 74.6 cm³/mol. The van der Waals surface area contributed by atoms with Crippen molar-refractivity contribution < 1.29 is 22.7 Å². The molecule has 0 unspecified atom stereocenters. The minimum atomic E-state index is -3.50. The molecule has 1 aromatic carbocycles. The van der Waals surface area contributed by atoms with E-state index in [1.807, 2.05) is 0 Å². The SMILES string of the molecule is CS(=O)(=O)Nc1cc(Cl)ccc1-c1ccc(C(=O)O)o1. The maximum absolute atomic E-state index is 11.3. The number of aromatic carboxylic acids is 1. The van der Waals surface area contributed by atoms with Crippen LogP contribution in [0.1, 0.15) is 10.6 Å². The first-order chi connectivity index (χ1) is 9.26. The van der Waals surface area contributed by atoms with Crippen molar-refractivity contribution in [3.8, 4) is 11.3 Å². The van der Waals surface area contributed by atoms with Crippen LogP contribution in [-0.4, -0.2) is 25.7 Å². The van der Waals surface area contributed by atoms with Crippen molar-refractivity contribution in [2.75, 3.05) is 11.0 Å². The standard InChI is InChI=1S/C12H10ClNO5S/c1-20(17,18)14-9-6-7(13)2-3-8(9)10-4-5-11(19-10)12(15)16/h2-6,14H,1H3,(H,15,16). The Morgan fingerprint density at radius 2 is 2.00 bits per heavy atom. The van der Waals surface area contributed by atoms with Gasteiger partial charge in [0.05, 0.1) is 11.9 Å². The molecule has 0 saturated carbocycles. The van der Waals surface area contributed by atoms with Crippen molar-refractivity contribution in [1.29, 1.82) is 0 Å². The van der Waals surface area contributed by atoms with E-state index in [1.54, 1.807) is 12.1 Å². The first-order valence-corrected chi connectivity index (χ1v) is 7.64. The topological polar surface area (TPSA) is 96.6 Å². The van der Waals surface area contributed by atoms with Crippen LogP contribution in [0.5, 0.6) is 0 Å². The van der Waals surface area contributed by atoms with Gasteiger partial charge in [-0.15, -0.1) is 0 Å². The second-order valence-electron chi connectivity index (χ2n) is 4.03. The van der Waals surface area contributed by atoms with Crippen molar-refractivity contribution in [3.05, 3.63) is 41.1 Å². The number of rotatable bonds is 4. The summed E-state index contributed by atoms with van der Waals surface area (Å²) >= 11 is 5.83. The van der Waals surface area contributed by atoms with Crippen LogP contribution < -0.4 is 4.72 Å². The van der Waals surface area contributed by atoms with E-state index in [-0.39, 0.29) is 17.2 Å². The Hall–Kier alpha value is -1.99. The summed E-state index contributed by atoms with van der Waals surface area (Å²) in [7, 11) is -3.50. The molecular weight excluding hydrogens is 306 g/mol. The Bertz CT molecular complexity index is 766. The molecule has 0 fully saturated rings. The number of carbonyl (C=O) groups is 1. The number of nitrogens with one attached hydrogen (secondary N) is 1. The molecule has 2 N–H and O–H groups in total. The highest BCUT2D eigenvalue weighted by molar-refractivity contribution is 7.92. The molecule has 0 saturated heterocycles. The van der Waals surface area contributed by atoms with Gasteiger partial charge in [-0.3, -0.25) is 4.72 Å². The Morgan fingerprint density at radius 3 is 2.55 bits per heavy atom. The smallest absolute Gasteiger partial charge is 0.371 e. The molecule has 0 spiro atoms. The maximum atomic E-state index is 11.3. The molecule has 2 rings (SSSR count). The minimum Gasteiger partial charge on any atom is -0.475 e. The number of halogens is 1. The van der Waals surface area contributed by atoms with E-state index in [0.717, 1.165) is 6.26 Å². The summed E-state index contributed by atoms with van der Waals surface area (Å²) in [5.74, 6) is -1.21. The zero-order valence-corrected chi connectivity index (χ0v) is 11.8. The van der Waals surface area contributed by atoms with Gasteiger partial charge in [0.25, 0.3) is 0 Å². The third kappa shape index (κ3) is 3.31. The second kappa shape index (κ2) is 5.18. The normalized spacial score (nSPS) is 11.3. The summed E-state index contributed by atoms with van der Waals surface area (Å²) in [4.78, 5) is 10.8. The Balaban J connectivity index is 2.52. The van der Waals surface area contributed by atoms with Crippen molar-refractivity contribution in [2.24, 2.45) is 0 Å². The number of carboxylic acids is 1. The lowest BCUT2D eigenvalue weighted by Crippen LogP contribution is -2.10. The van der Waals surface area contributed by atoms with Gasteiger partial charge in [0.2, 0.25) is 15.8 Å². The number of hydrogen-bond acceptors (Lipinski definition) is 4. The monoisotopic (exact) mass is 315 g/mol. The van der Waals surface area contributed by atoms with E-state index in [1.165, 1.54) is 18.2 Å². The van der Waals surface area contributed by atoms with Gasteiger partial charge in [-0.05, 0) is 30.3 Å². The number of hydrogen-bond donors (Lipinski definition) is 2. The van der Waals surface area contributed by atoms with E-state index in [4.69, 9.17) is 21.1 Å². The van der Waals surface area contributed by atoms with Crippen LogP contribution in [0.25, 0.3) is 11.3 Å².